The number of hydrogen-bond acceptors (Lipinski definition) is 4. The number of hydrogen-bond donors (Lipinski definition) is 2. The predicted molar refractivity (Wildman–Crippen MR) is 95.3 cm³/mol. The van der Waals surface area contributed by atoms with Gasteiger partial charge in [0.25, 0.3) is 0 Å². The Morgan fingerprint density at radius 1 is 1.40 bits per heavy atom. The van der Waals surface area contributed by atoms with E-state index in [0.29, 0.717) is 19.6 Å². The quantitative estimate of drug-likeness (QED) is 0.857. The predicted octanol–water partition coefficient (Wildman–Crippen LogP) is 2.96. The Kier molecular flexibility index (Phi) is 5.49. The highest BCUT2D eigenvalue weighted by Crippen LogP contribution is 2.39. The van der Waals surface area contributed by atoms with Gasteiger partial charge in [-0.05, 0) is 44.1 Å². The first-order chi connectivity index (χ1) is 11.9. The third kappa shape index (κ3) is 4.23. The molecular weight excluding hydrogens is 318 g/mol. The maximum absolute atomic E-state index is 12.3. The van der Waals surface area contributed by atoms with E-state index in [-0.39, 0.29) is 23.7 Å². The number of aromatic amines is 1. The first-order valence-electron chi connectivity index (χ1n) is 9.48. The Bertz CT molecular complexity index is 586. The molecule has 1 aliphatic heterocycles. The van der Waals surface area contributed by atoms with Crippen molar-refractivity contribution in [1.82, 2.24) is 15.5 Å². The van der Waals surface area contributed by atoms with E-state index in [1.54, 1.807) is 0 Å². The average Bonchev–Trinajstić information content (AvgIpc) is 3.12. The molecular formula is C19H31N3O3. The van der Waals surface area contributed by atoms with Gasteiger partial charge in [-0.25, -0.2) is 0 Å². The van der Waals surface area contributed by atoms with Crippen molar-refractivity contribution in [2.24, 2.45) is 5.92 Å². The van der Waals surface area contributed by atoms with E-state index in [4.69, 9.17) is 9.47 Å². The Labute approximate surface area is 150 Å². The summed E-state index contributed by atoms with van der Waals surface area (Å²) in [5.74, 6) is 0.563. The van der Waals surface area contributed by atoms with Gasteiger partial charge >= 0.3 is 0 Å². The molecule has 140 valence electrons. The van der Waals surface area contributed by atoms with Gasteiger partial charge in [0.2, 0.25) is 5.91 Å². The molecule has 0 unspecified atom stereocenters. The summed E-state index contributed by atoms with van der Waals surface area (Å²) in [5, 5.41) is 10.2. The SMILES string of the molecule is Cc1n[nH]c(C)c1[C@@H](C)CC(=O)NC[C@@H]1COC2(CCC(C)CC2)O1. The normalized spacial score (nSPS) is 30.6. The maximum Gasteiger partial charge on any atom is 0.220 e. The summed E-state index contributed by atoms with van der Waals surface area (Å²) >= 11 is 0. The monoisotopic (exact) mass is 349 g/mol. The van der Waals surface area contributed by atoms with Gasteiger partial charge in [-0.1, -0.05) is 13.8 Å². The topological polar surface area (TPSA) is 76.2 Å². The van der Waals surface area contributed by atoms with Crippen LogP contribution >= 0.6 is 0 Å². The molecule has 1 saturated heterocycles. The molecule has 0 bridgehead atoms. The molecule has 25 heavy (non-hydrogen) atoms. The highest BCUT2D eigenvalue weighted by molar-refractivity contribution is 5.76. The fourth-order valence-corrected chi connectivity index (χ4v) is 4.15. The molecule has 6 heteroatoms. The van der Waals surface area contributed by atoms with Crippen LogP contribution in [0.3, 0.4) is 0 Å². The summed E-state index contributed by atoms with van der Waals surface area (Å²) in [4.78, 5) is 12.3. The number of ether oxygens (including phenoxy) is 2. The fraction of sp³-hybridized carbons (Fsp3) is 0.789. The van der Waals surface area contributed by atoms with Crippen LogP contribution in [-0.2, 0) is 14.3 Å². The van der Waals surface area contributed by atoms with Gasteiger partial charge in [0.15, 0.2) is 5.79 Å². The first kappa shape index (κ1) is 18.4. The Morgan fingerprint density at radius 2 is 2.12 bits per heavy atom. The minimum atomic E-state index is -0.389. The van der Waals surface area contributed by atoms with Crippen molar-refractivity contribution in [2.45, 2.75) is 77.6 Å². The van der Waals surface area contributed by atoms with Crippen LogP contribution in [0.25, 0.3) is 0 Å². The second-order valence-corrected chi connectivity index (χ2v) is 7.90. The van der Waals surface area contributed by atoms with E-state index in [2.05, 4.69) is 29.4 Å². The minimum absolute atomic E-state index is 0.0370. The van der Waals surface area contributed by atoms with E-state index in [9.17, 15) is 4.79 Å². The third-order valence-electron chi connectivity index (χ3n) is 5.65. The molecule has 2 N–H and O–H groups in total. The highest BCUT2D eigenvalue weighted by Gasteiger charge is 2.43. The number of aromatic nitrogens is 2. The van der Waals surface area contributed by atoms with E-state index in [1.165, 1.54) is 0 Å². The zero-order valence-electron chi connectivity index (χ0n) is 15.9. The fourth-order valence-electron chi connectivity index (χ4n) is 4.15. The molecule has 1 aromatic rings. The van der Waals surface area contributed by atoms with Gasteiger partial charge < -0.3 is 14.8 Å². The van der Waals surface area contributed by atoms with Crippen LogP contribution in [0.2, 0.25) is 0 Å². The van der Waals surface area contributed by atoms with Crippen LogP contribution in [0.1, 0.15) is 68.8 Å². The van der Waals surface area contributed by atoms with Crippen LogP contribution in [0, 0.1) is 19.8 Å². The summed E-state index contributed by atoms with van der Waals surface area (Å²) in [6.07, 6.45) is 4.66. The van der Waals surface area contributed by atoms with Crippen LogP contribution in [-0.4, -0.2) is 41.1 Å². The van der Waals surface area contributed by atoms with Crippen molar-refractivity contribution in [3.05, 3.63) is 17.0 Å². The lowest BCUT2D eigenvalue weighted by Crippen LogP contribution is -2.38. The van der Waals surface area contributed by atoms with Crippen LogP contribution < -0.4 is 5.32 Å². The molecule has 0 aromatic carbocycles. The van der Waals surface area contributed by atoms with Crippen LogP contribution in [0.5, 0.6) is 0 Å². The number of nitrogens with zero attached hydrogens (tertiary/aromatic N) is 1. The van der Waals surface area contributed by atoms with Crippen molar-refractivity contribution in [3.8, 4) is 0 Å². The van der Waals surface area contributed by atoms with Gasteiger partial charge in [0, 0.05) is 31.5 Å². The summed E-state index contributed by atoms with van der Waals surface area (Å²) < 4.78 is 12.1. The average molecular weight is 349 g/mol. The summed E-state index contributed by atoms with van der Waals surface area (Å²) in [6.45, 7) is 9.41. The number of amides is 1. The van der Waals surface area contributed by atoms with E-state index >= 15 is 0 Å². The summed E-state index contributed by atoms with van der Waals surface area (Å²) in [7, 11) is 0. The molecule has 1 aliphatic carbocycles. The number of H-pyrrole nitrogens is 1. The summed E-state index contributed by atoms with van der Waals surface area (Å²) in [5.41, 5.74) is 3.16. The molecule has 2 heterocycles. The zero-order valence-corrected chi connectivity index (χ0v) is 15.9. The van der Waals surface area contributed by atoms with E-state index in [1.807, 2.05) is 13.8 Å². The molecule has 1 saturated carbocycles. The maximum atomic E-state index is 12.3. The smallest absolute Gasteiger partial charge is 0.220 e. The van der Waals surface area contributed by atoms with Crippen molar-refractivity contribution < 1.29 is 14.3 Å². The van der Waals surface area contributed by atoms with Crippen molar-refractivity contribution in [2.75, 3.05) is 13.2 Å². The lowest BCUT2D eigenvalue weighted by molar-refractivity contribution is -0.191. The molecule has 1 aromatic heterocycles. The largest absolute Gasteiger partial charge is 0.353 e. The number of nitrogens with one attached hydrogen (secondary N) is 2. The van der Waals surface area contributed by atoms with Crippen LogP contribution in [0.4, 0.5) is 0 Å². The van der Waals surface area contributed by atoms with Gasteiger partial charge in [0.05, 0.1) is 12.3 Å². The van der Waals surface area contributed by atoms with Crippen molar-refractivity contribution >= 4 is 5.91 Å². The third-order valence-corrected chi connectivity index (χ3v) is 5.65. The van der Waals surface area contributed by atoms with Gasteiger partial charge in [-0.15, -0.1) is 0 Å². The Hall–Kier alpha value is -1.40. The number of rotatable bonds is 5. The molecule has 2 aliphatic rings. The molecule has 3 rings (SSSR count). The molecule has 1 amide bonds. The Balaban J connectivity index is 1.44. The second-order valence-electron chi connectivity index (χ2n) is 7.90. The molecule has 2 fully saturated rings. The van der Waals surface area contributed by atoms with Gasteiger partial charge in [0.1, 0.15) is 6.10 Å². The number of carbonyl (C=O) groups excluding carboxylic acids is 1. The highest BCUT2D eigenvalue weighted by atomic mass is 16.7. The lowest BCUT2D eigenvalue weighted by atomic mass is 9.86. The lowest BCUT2D eigenvalue weighted by Gasteiger charge is -2.34. The molecule has 0 radical (unpaired) electrons. The molecule has 2 atom stereocenters. The summed E-state index contributed by atoms with van der Waals surface area (Å²) in [6, 6.07) is 0. The molecule has 1 spiro atoms. The van der Waals surface area contributed by atoms with Crippen molar-refractivity contribution in [1.29, 1.82) is 0 Å². The van der Waals surface area contributed by atoms with E-state index < -0.39 is 0 Å². The first-order valence-corrected chi connectivity index (χ1v) is 9.48. The van der Waals surface area contributed by atoms with E-state index in [0.717, 1.165) is 48.6 Å². The number of carbonyl (C=O) groups is 1. The zero-order chi connectivity index (χ0) is 18.0. The van der Waals surface area contributed by atoms with Crippen molar-refractivity contribution in [3.63, 3.8) is 0 Å². The Morgan fingerprint density at radius 3 is 2.76 bits per heavy atom. The second kappa shape index (κ2) is 7.46. The number of aryl methyl sites for hydroxylation is 2. The van der Waals surface area contributed by atoms with Crippen LogP contribution in [0.15, 0.2) is 0 Å². The van der Waals surface area contributed by atoms with Gasteiger partial charge in [-0.2, -0.15) is 5.10 Å². The van der Waals surface area contributed by atoms with Gasteiger partial charge in [-0.3, -0.25) is 9.89 Å². The minimum Gasteiger partial charge on any atom is -0.353 e. The molecule has 6 nitrogen and oxygen atoms in total. The standard InChI is InChI=1S/C19H31N3O3/c1-12-5-7-19(8-6-12)24-11-16(25-19)10-20-17(23)9-13(2)18-14(3)21-22-15(18)4/h12-13,16H,5-11H2,1-4H3,(H,20,23)(H,21,22)/t12?,13-,16+,19?/m0/s1.